The number of rotatable bonds is 6. The van der Waals surface area contributed by atoms with Crippen LogP contribution in [0.3, 0.4) is 0 Å². The van der Waals surface area contributed by atoms with Crippen LogP contribution in [-0.2, 0) is 9.59 Å². The average molecular weight is 472 g/mol. The van der Waals surface area contributed by atoms with Crippen LogP contribution in [0.5, 0.6) is 0 Å². The van der Waals surface area contributed by atoms with Crippen molar-refractivity contribution < 1.29 is 9.59 Å². The first-order chi connectivity index (χ1) is 13.9. The lowest BCUT2D eigenvalue weighted by molar-refractivity contribution is -0.127. The number of aryl methyl sites for hydroxylation is 2. The zero-order chi connectivity index (χ0) is 21.0. The molecule has 1 N–H and O–H groups in total. The van der Waals surface area contributed by atoms with Crippen LogP contribution in [0.25, 0.3) is 0 Å². The van der Waals surface area contributed by atoms with Crippen LogP contribution in [-0.4, -0.2) is 33.7 Å². The van der Waals surface area contributed by atoms with Crippen molar-refractivity contribution in [2.24, 2.45) is 4.99 Å². The maximum absolute atomic E-state index is 12.9. The van der Waals surface area contributed by atoms with Crippen LogP contribution < -0.4 is 5.32 Å². The van der Waals surface area contributed by atoms with Gasteiger partial charge in [0.2, 0.25) is 11.8 Å². The molecule has 1 aliphatic heterocycles. The van der Waals surface area contributed by atoms with Gasteiger partial charge >= 0.3 is 0 Å². The molecule has 0 aromatic heterocycles. The van der Waals surface area contributed by atoms with Gasteiger partial charge < -0.3 is 5.32 Å². The number of amidine groups is 1. The van der Waals surface area contributed by atoms with Gasteiger partial charge in [0.15, 0.2) is 5.17 Å². The van der Waals surface area contributed by atoms with E-state index in [0.29, 0.717) is 11.7 Å². The molecular formula is C22H22BrN3O2S. The monoisotopic (exact) mass is 471 g/mol. The van der Waals surface area contributed by atoms with Crippen LogP contribution in [0, 0.1) is 13.8 Å². The lowest BCUT2D eigenvalue weighted by atomic mass is 10.1. The number of nitrogens with one attached hydrogen (secondary N) is 1. The topological polar surface area (TPSA) is 61.8 Å². The molecule has 0 saturated carbocycles. The summed E-state index contributed by atoms with van der Waals surface area (Å²) >= 11 is 4.79. The Bertz CT molecular complexity index is 990. The summed E-state index contributed by atoms with van der Waals surface area (Å²) in [5.74, 6) is -0.319. The molecule has 1 heterocycles. The van der Waals surface area contributed by atoms with Crippen LogP contribution >= 0.6 is 27.7 Å². The van der Waals surface area contributed by atoms with Gasteiger partial charge in [0.05, 0.1) is 5.69 Å². The number of benzene rings is 2. The largest absolute Gasteiger partial charge is 0.326 e. The van der Waals surface area contributed by atoms with Crippen molar-refractivity contribution in [1.82, 2.24) is 4.90 Å². The minimum absolute atomic E-state index is 0.0828. The van der Waals surface area contributed by atoms with Crippen molar-refractivity contribution in [2.75, 3.05) is 11.9 Å². The van der Waals surface area contributed by atoms with E-state index in [0.717, 1.165) is 27.0 Å². The van der Waals surface area contributed by atoms with Gasteiger partial charge in [-0.3, -0.25) is 14.5 Å². The van der Waals surface area contributed by atoms with Gasteiger partial charge in [0.25, 0.3) is 0 Å². The third kappa shape index (κ3) is 5.16. The highest BCUT2D eigenvalue weighted by molar-refractivity contribution is 9.10. The van der Waals surface area contributed by atoms with E-state index in [4.69, 9.17) is 0 Å². The van der Waals surface area contributed by atoms with Gasteiger partial charge in [-0.25, -0.2) is 4.99 Å². The van der Waals surface area contributed by atoms with E-state index in [1.807, 2.05) is 56.3 Å². The van der Waals surface area contributed by atoms with Crippen LogP contribution in [0.1, 0.15) is 17.5 Å². The molecule has 1 atom stereocenters. The first-order valence-corrected chi connectivity index (χ1v) is 10.9. The predicted octanol–water partition coefficient (Wildman–Crippen LogP) is 5.21. The lowest BCUT2D eigenvalue weighted by Gasteiger charge is -2.14. The Morgan fingerprint density at radius 3 is 2.76 bits per heavy atom. The lowest BCUT2D eigenvalue weighted by Crippen LogP contribution is -2.33. The second-order valence-corrected chi connectivity index (χ2v) is 8.78. The minimum Gasteiger partial charge on any atom is -0.326 e. The molecule has 150 valence electrons. The van der Waals surface area contributed by atoms with Gasteiger partial charge in [-0.1, -0.05) is 47.7 Å². The SMILES string of the molecule is C=CCN1C(=O)[C@@H](CC(=O)Nc2ccc(C)cc2C)SC1=Nc1ccccc1Br. The number of carbonyl (C=O) groups is 2. The van der Waals surface area contributed by atoms with E-state index < -0.39 is 5.25 Å². The number of aliphatic imine (C=N–C) groups is 1. The van der Waals surface area contributed by atoms with E-state index in [2.05, 4.69) is 32.8 Å². The summed E-state index contributed by atoms with van der Waals surface area (Å²) < 4.78 is 0.843. The summed E-state index contributed by atoms with van der Waals surface area (Å²) in [6.45, 7) is 8.04. The normalized spacial score (nSPS) is 17.6. The summed E-state index contributed by atoms with van der Waals surface area (Å²) in [6, 6.07) is 13.4. The number of carbonyl (C=O) groups excluding carboxylic acids is 2. The van der Waals surface area contributed by atoms with Crippen molar-refractivity contribution in [3.63, 3.8) is 0 Å². The molecule has 2 aromatic rings. The van der Waals surface area contributed by atoms with Crippen molar-refractivity contribution in [2.45, 2.75) is 25.5 Å². The molecule has 0 bridgehead atoms. The summed E-state index contributed by atoms with van der Waals surface area (Å²) in [4.78, 5) is 31.6. The molecule has 3 rings (SSSR count). The average Bonchev–Trinajstić information content (AvgIpc) is 2.95. The highest BCUT2D eigenvalue weighted by atomic mass is 79.9. The van der Waals surface area contributed by atoms with Gasteiger partial charge in [0.1, 0.15) is 5.25 Å². The Hall–Kier alpha value is -2.38. The molecule has 0 unspecified atom stereocenters. The van der Waals surface area contributed by atoms with Crippen LogP contribution in [0.2, 0.25) is 0 Å². The number of para-hydroxylation sites is 1. The van der Waals surface area contributed by atoms with Crippen molar-refractivity contribution in [3.8, 4) is 0 Å². The van der Waals surface area contributed by atoms with E-state index in [-0.39, 0.29) is 18.2 Å². The Kier molecular flexibility index (Phi) is 6.92. The second-order valence-electron chi connectivity index (χ2n) is 6.76. The van der Waals surface area contributed by atoms with Gasteiger partial charge in [-0.2, -0.15) is 0 Å². The van der Waals surface area contributed by atoms with E-state index in [9.17, 15) is 9.59 Å². The molecule has 2 amide bonds. The molecule has 0 spiro atoms. The third-order valence-electron chi connectivity index (χ3n) is 4.43. The maximum atomic E-state index is 12.9. The van der Waals surface area contributed by atoms with Crippen molar-refractivity contribution in [1.29, 1.82) is 0 Å². The number of hydrogen-bond acceptors (Lipinski definition) is 4. The second kappa shape index (κ2) is 9.41. The number of halogens is 1. The molecule has 29 heavy (non-hydrogen) atoms. The first kappa shape index (κ1) is 21.3. The number of thioether (sulfide) groups is 1. The highest BCUT2D eigenvalue weighted by Gasteiger charge is 2.38. The molecule has 1 aliphatic rings. The minimum atomic E-state index is -0.512. The quantitative estimate of drug-likeness (QED) is 0.587. The summed E-state index contributed by atoms with van der Waals surface area (Å²) in [6.07, 6.45) is 1.74. The summed E-state index contributed by atoms with van der Waals surface area (Å²) in [5, 5.41) is 2.98. The molecule has 1 fully saturated rings. The van der Waals surface area contributed by atoms with E-state index in [1.54, 1.807) is 11.0 Å². The van der Waals surface area contributed by atoms with Crippen molar-refractivity contribution >= 4 is 56.0 Å². The fraction of sp³-hybridized carbons (Fsp3) is 0.227. The Morgan fingerprint density at radius 2 is 2.07 bits per heavy atom. The Labute approximate surface area is 183 Å². The zero-order valence-corrected chi connectivity index (χ0v) is 18.7. The van der Waals surface area contributed by atoms with Crippen LogP contribution in [0.15, 0.2) is 64.6 Å². The molecular weight excluding hydrogens is 450 g/mol. The van der Waals surface area contributed by atoms with E-state index >= 15 is 0 Å². The van der Waals surface area contributed by atoms with E-state index in [1.165, 1.54) is 11.8 Å². The summed E-state index contributed by atoms with van der Waals surface area (Å²) in [7, 11) is 0. The van der Waals surface area contributed by atoms with Gasteiger partial charge in [0, 0.05) is 23.1 Å². The maximum Gasteiger partial charge on any atom is 0.242 e. The molecule has 7 heteroatoms. The van der Waals surface area contributed by atoms with Crippen LogP contribution in [0.4, 0.5) is 11.4 Å². The predicted molar refractivity (Wildman–Crippen MR) is 124 cm³/mol. The fourth-order valence-electron chi connectivity index (χ4n) is 2.99. The Morgan fingerprint density at radius 1 is 1.31 bits per heavy atom. The Balaban J connectivity index is 1.76. The van der Waals surface area contributed by atoms with Gasteiger partial charge in [-0.15, -0.1) is 6.58 Å². The molecule has 0 aliphatic carbocycles. The number of anilines is 1. The molecule has 0 radical (unpaired) electrons. The smallest absolute Gasteiger partial charge is 0.242 e. The molecule has 1 saturated heterocycles. The first-order valence-electron chi connectivity index (χ1n) is 9.18. The number of hydrogen-bond donors (Lipinski definition) is 1. The number of nitrogens with zero attached hydrogens (tertiary/aromatic N) is 2. The zero-order valence-electron chi connectivity index (χ0n) is 16.3. The molecule has 2 aromatic carbocycles. The molecule has 5 nitrogen and oxygen atoms in total. The number of amides is 2. The fourth-order valence-corrected chi connectivity index (χ4v) is 4.52. The highest BCUT2D eigenvalue weighted by Crippen LogP contribution is 2.34. The summed E-state index contributed by atoms with van der Waals surface area (Å²) in [5.41, 5.74) is 3.63. The van der Waals surface area contributed by atoms with Gasteiger partial charge in [-0.05, 0) is 53.5 Å². The van der Waals surface area contributed by atoms with Crippen molar-refractivity contribution in [3.05, 3.63) is 70.7 Å². The third-order valence-corrected chi connectivity index (χ3v) is 6.27. The standard InChI is InChI=1S/C22H22BrN3O2S/c1-4-11-26-21(28)19(29-22(26)25-18-8-6-5-7-16(18)23)13-20(27)24-17-10-9-14(2)12-15(17)3/h4-10,12,19H,1,11,13H2,2-3H3,(H,24,27)/t19-/m1/s1.